The summed E-state index contributed by atoms with van der Waals surface area (Å²) in [5.74, 6) is 0. The molecule has 0 spiro atoms. The molecule has 0 unspecified atom stereocenters. The fraction of sp³-hybridized carbons (Fsp3) is 0.538. The van der Waals surface area contributed by atoms with Crippen molar-refractivity contribution in [3.8, 4) is 0 Å². The zero-order chi connectivity index (χ0) is 12.0. The van der Waals surface area contributed by atoms with Gasteiger partial charge < -0.3 is 15.8 Å². The van der Waals surface area contributed by atoms with Crippen LogP contribution in [0.3, 0.4) is 0 Å². The minimum absolute atomic E-state index is 0.807. The first kappa shape index (κ1) is 13.0. The number of hydrogen-bond acceptors (Lipinski definition) is 3. The normalized spacial score (nSPS) is 10.7. The van der Waals surface area contributed by atoms with E-state index < -0.39 is 0 Å². The van der Waals surface area contributed by atoms with Crippen LogP contribution in [0, 0.1) is 13.8 Å². The van der Waals surface area contributed by atoms with Crippen LogP contribution in [0.1, 0.15) is 23.1 Å². The number of ether oxygens (including phenoxy) is 1. The van der Waals surface area contributed by atoms with Crippen LogP contribution in [0.15, 0.2) is 12.1 Å². The Kier molecular flexibility index (Phi) is 5.29. The highest BCUT2D eigenvalue weighted by Crippen LogP contribution is 2.19. The molecule has 0 aromatic heterocycles. The van der Waals surface area contributed by atoms with Gasteiger partial charge in [0.05, 0.1) is 0 Å². The molecule has 0 saturated carbocycles. The molecule has 0 aliphatic carbocycles. The van der Waals surface area contributed by atoms with Crippen molar-refractivity contribution >= 4 is 5.69 Å². The maximum atomic E-state index is 5.89. The maximum Gasteiger partial charge on any atom is 0.0474 e. The molecule has 1 rings (SSSR count). The molecule has 0 amide bonds. The third-order valence-corrected chi connectivity index (χ3v) is 2.88. The Hall–Kier alpha value is -1.06. The van der Waals surface area contributed by atoms with E-state index in [9.17, 15) is 0 Å². The number of benzene rings is 1. The number of aryl methyl sites for hydroxylation is 1. The topological polar surface area (TPSA) is 47.3 Å². The van der Waals surface area contributed by atoms with Crippen LogP contribution in [0.5, 0.6) is 0 Å². The highest BCUT2D eigenvalue weighted by atomic mass is 16.5. The summed E-state index contributed by atoms with van der Waals surface area (Å²) in [4.78, 5) is 0. The average Bonchev–Trinajstić information content (AvgIpc) is 2.28. The first-order chi connectivity index (χ1) is 7.66. The highest BCUT2D eigenvalue weighted by molar-refractivity contribution is 5.52. The number of nitrogen functional groups attached to an aromatic ring is 1. The summed E-state index contributed by atoms with van der Waals surface area (Å²) in [6.07, 6.45) is 1.04. The van der Waals surface area contributed by atoms with Gasteiger partial charge in [-0.25, -0.2) is 0 Å². The Morgan fingerprint density at radius 1 is 1.31 bits per heavy atom. The SMILES string of the molecule is COCCCNCc1c(C)ccc(N)c1C. The van der Waals surface area contributed by atoms with E-state index >= 15 is 0 Å². The number of anilines is 1. The summed E-state index contributed by atoms with van der Waals surface area (Å²) >= 11 is 0. The molecule has 90 valence electrons. The standard InChI is InChI=1S/C13H22N2O/c1-10-5-6-13(14)11(2)12(10)9-15-7-4-8-16-3/h5-6,15H,4,7-9,14H2,1-3H3. The number of methoxy groups -OCH3 is 1. The Morgan fingerprint density at radius 3 is 2.75 bits per heavy atom. The lowest BCUT2D eigenvalue weighted by atomic mass is 10.0. The van der Waals surface area contributed by atoms with Gasteiger partial charge in [-0.15, -0.1) is 0 Å². The fourth-order valence-electron chi connectivity index (χ4n) is 1.74. The molecule has 1 aromatic carbocycles. The van der Waals surface area contributed by atoms with Crippen molar-refractivity contribution in [2.75, 3.05) is 26.0 Å². The van der Waals surface area contributed by atoms with E-state index in [0.29, 0.717) is 0 Å². The van der Waals surface area contributed by atoms with E-state index in [1.165, 1.54) is 16.7 Å². The fourth-order valence-corrected chi connectivity index (χ4v) is 1.74. The predicted octanol–water partition coefficient (Wildman–Crippen LogP) is 2.01. The zero-order valence-corrected chi connectivity index (χ0v) is 10.5. The van der Waals surface area contributed by atoms with Gasteiger partial charge in [0.1, 0.15) is 0 Å². The van der Waals surface area contributed by atoms with Crippen molar-refractivity contribution in [1.29, 1.82) is 0 Å². The molecule has 0 fully saturated rings. The summed E-state index contributed by atoms with van der Waals surface area (Å²) in [6, 6.07) is 4.05. The number of nitrogens with two attached hydrogens (primary N) is 1. The van der Waals surface area contributed by atoms with Gasteiger partial charge in [0, 0.05) is 25.9 Å². The van der Waals surface area contributed by atoms with Gasteiger partial charge in [0.15, 0.2) is 0 Å². The van der Waals surface area contributed by atoms with E-state index in [4.69, 9.17) is 10.5 Å². The lowest BCUT2D eigenvalue weighted by Gasteiger charge is -2.12. The summed E-state index contributed by atoms with van der Waals surface area (Å²) in [5.41, 5.74) is 10.6. The van der Waals surface area contributed by atoms with Crippen LogP contribution in [0.25, 0.3) is 0 Å². The second-order valence-corrected chi connectivity index (χ2v) is 4.10. The monoisotopic (exact) mass is 222 g/mol. The Labute approximate surface area is 98.0 Å². The number of nitrogens with one attached hydrogen (secondary N) is 1. The Morgan fingerprint density at radius 2 is 2.06 bits per heavy atom. The molecule has 0 aliphatic rings. The van der Waals surface area contributed by atoms with Crippen molar-refractivity contribution in [3.05, 3.63) is 28.8 Å². The zero-order valence-electron chi connectivity index (χ0n) is 10.5. The molecule has 1 aromatic rings. The second-order valence-electron chi connectivity index (χ2n) is 4.10. The molecule has 0 atom stereocenters. The minimum atomic E-state index is 0.807. The largest absolute Gasteiger partial charge is 0.399 e. The first-order valence-corrected chi connectivity index (χ1v) is 5.71. The molecule has 0 heterocycles. The summed E-state index contributed by atoms with van der Waals surface area (Å²) in [7, 11) is 1.73. The smallest absolute Gasteiger partial charge is 0.0474 e. The average molecular weight is 222 g/mol. The van der Waals surface area contributed by atoms with Crippen molar-refractivity contribution in [2.45, 2.75) is 26.8 Å². The van der Waals surface area contributed by atoms with Crippen LogP contribution < -0.4 is 11.1 Å². The van der Waals surface area contributed by atoms with Crippen molar-refractivity contribution in [3.63, 3.8) is 0 Å². The molecular weight excluding hydrogens is 200 g/mol. The van der Waals surface area contributed by atoms with Crippen molar-refractivity contribution in [2.24, 2.45) is 0 Å². The number of hydrogen-bond donors (Lipinski definition) is 2. The first-order valence-electron chi connectivity index (χ1n) is 5.71. The second kappa shape index (κ2) is 6.51. The van der Waals surface area contributed by atoms with Gasteiger partial charge in [0.25, 0.3) is 0 Å². The molecule has 0 bridgehead atoms. The maximum absolute atomic E-state index is 5.89. The third kappa shape index (κ3) is 3.51. The van der Waals surface area contributed by atoms with Crippen LogP contribution in [-0.4, -0.2) is 20.3 Å². The molecule has 0 saturated heterocycles. The summed E-state index contributed by atoms with van der Waals surface area (Å²) in [6.45, 7) is 6.86. The van der Waals surface area contributed by atoms with E-state index in [-0.39, 0.29) is 0 Å². The number of rotatable bonds is 6. The quantitative estimate of drug-likeness (QED) is 0.572. The van der Waals surface area contributed by atoms with E-state index in [1.54, 1.807) is 7.11 Å². The van der Waals surface area contributed by atoms with Crippen molar-refractivity contribution < 1.29 is 4.74 Å². The van der Waals surface area contributed by atoms with E-state index in [1.807, 2.05) is 6.07 Å². The molecule has 3 N–H and O–H groups in total. The van der Waals surface area contributed by atoms with Crippen LogP contribution in [0.4, 0.5) is 5.69 Å². The minimum Gasteiger partial charge on any atom is -0.399 e. The van der Waals surface area contributed by atoms with Crippen LogP contribution >= 0.6 is 0 Å². The van der Waals surface area contributed by atoms with Gasteiger partial charge in [-0.05, 0) is 49.6 Å². The Balaban J connectivity index is 2.50. The van der Waals surface area contributed by atoms with Gasteiger partial charge in [0.2, 0.25) is 0 Å². The Bertz CT molecular complexity index is 337. The molecule has 0 aliphatic heterocycles. The predicted molar refractivity (Wildman–Crippen MR) is 68.5 cm³/mol. The third-order valence-electron chi connectivity index (χ3n) is 2.88. The van der Waals surface area contributed by atoms with Gasteiger partial charge in [-0.3, -0.25) is 0 Å². The molecule has 0 radical (unpaired) electrons. The van der Waals surface area contributed by atoms with Gasteiger partial charge in [-0.2, -0.15) is 0 Å². The van der Waals surface area contributed by atoms with Crippen molar-refractivity contribution in [1.82, 2.24) is 5.32 Å². The molecule has 16 heavy (non-hydrogen) atoms. The molecule has 3 nitrogen and oxygen atoms in total. The highest BCUT2D eigenvalue weighted by Gasteiger charge is 2.04. The summed E-state index contributed by atoms with van der Waals surface area (Å²) < 4.78 is 5.00. The summed E-state index contributed by atoms with van der Waals surface area (Å²) in [5, 5.41) is 3.41. The van der Waals surface area contributed by atoms with Gasteiger partial charge >= 0.3 is 0 Å². The lowest BCUT2D eigenvalue weighted by molar-refractivity contribution is 0.194. The van der Waals surface area contributed by atoms with Crippen LogP contribution in [0.2, 0.25) is 0 Å². The van der Waals surface area contributed by atoms with E-state index in [0.717, 1.165) is 31.8 Å². The van der Waals surface area contributed by atoms with Crippen LogP contribution in [-0.2, 0) is 11.3 Å². The molecule has 3 heteroatoms. The van der Waals surface area contributed by atoms with Gasteiger partial charge in [-0.1, -0.05) is 6.07 Å². The van der Waals surface area contributed by atoms with E-state index in [2.05, 4.69) is 25.2 Å². The molecular formula is C13H22N2O. The lowest BCUT2D eigenvalue weighted by Crippen LogP contribution is -2.17.